The molecule has 546 valence electrons. The summed E-state index contributed by atoms with van der Waals surface area (Å²) in [6.45, 7) is 4.85. The van der Waals surface area contributed by atoms with Gasteiger partial charge in [-0.15, -0.1) is 0 Å². The summed E-state index contributed by atoms with van der Waals surface area (Å²) in [5, 5.41) is 11.9. The number of carboxylic acids is 1. The van der Waals surface area contributed by atoms with E-state index in [4.69, 9.17) is 18.9 Å². The Bertz CT molecular complexity index is 1510. The minimum Gasteiger partial charge on any atom is -0.545 e. The second-order valence-electron chi connectivity index (χ2n) is 29.8. The van der Waals surface area contributed by atoms with Crippen LogP contribution in [0.4, 0.5) is 0 Å². The molecule has 0 heterocycles. The summed E-state index contributed by atoms with van der Waals surface area (Å²) >= 11 is 0. The summed E-state index contributed by atoms with van der Waals surface area (Å²) < 4.78 is 22.9. The first-order chi connectivity index (χ1) is 45.1. The predicted molar refractivity (Wildman–Crippen MR) is 394 cm³/mol. The first kappa shape index (κ1) is 90.0. The first-order valence-corrected chi connectivity index (χ1v) is 41.3. The van der Waals surface area contributed by atoms with E-state index in [1.165, 1.54) is 379 Å². The molecular formula is C83H161NO8. The number of nitrogens with zero attached hydrogens (tertiary/aromatic N) is 1. The Labute approximate surface area is 574 Å². The third-order valence-corrected chi connectivity index (χ3v) is 19.3. The third-order valence-electron chi connectivity index (χ3n) is 19.3. The van der Waals surface area contributed by atoms with Gasteiger partial charge >= 0.3 is 11.9 Å². The van der Waals surface area contributed by atoms with E-state index < -0.39 is 24.3 Å². The van der Waals surface area contributed by atoms with Crippen LogP contribution in [0.5, 0.6) is 0 Å². The van der Waals surface area contributed by atoms with Gasteiger partial charge in [0.15, 0.2) is 12.4 Å². The summed E-state index contributed by atoms with van der Waals surface area (Å²) in [6, 6.07) is 0. The van der Waals surface area contributed by atoms with Crippen LogP contribution in [0.3, 0.4) is 0 Å². The zero-order chi connectivity index (χ0) is 66.8. The fraction of sp³-hybridized carbons (Fsp3) is 0.940. The van der Waals surface area contributed by atoms with E-state index in [-0.39, 0.29) is 32.2 Å². The van der Waals surface area contributed by atoms with Gasteiger partial charge < -0.3 is 33.3 Å². The fourth-order valence-corrected chi connectivity index (χ4v) is 13.0. The molecule has 0 aliphatic rings. The summed E-state index contributed by atoms with van der Waals surface area (Å²) in [4.78, 5) is 37.6. The Kier molecular flexibility index (Phi) is 73.2. The molecule has 0 amide bonds. The number of quaternary nitrogens is 1. The highest BCUT2D eigenvalue weighted by Gasteiger charge is 2.22. The van der Waals surface area contributed by atoms with Gasteiger partial charge in [0.05, 0.1) is 40.3 Å². The third kappa shape index (κ3) is 75.4. The van der Waals surface area contributed by atoms with Crippen LogP contribution in [0.15, 0.2) is 12.2 Å². The van der Waals surface area contributed by atoms with Gasteiger partial charge in [0.2, 0.25) is 0 Å². The Morgan fingerprint density at radius 3 is 0.804 bits per heavy atom. The smallest absolute Gasteiger partial charge is 0.306 e. The number of allylic oxidation sites excluding steroid dienone is 2. The van der Waals surface area contributed by atoms with Crippen molar-refractivity contribution in [2.24, 2.45) is 0 Å². The maximum atomic E-state index is 13.0. The minimum absolute atomic E-state index is 0.153. The number of esters is 2. The molecule has 0 aromatic heterocycles. The number of unbranched alkanes of at least 4 members (excludes halogenated alkanes) is 62. The molecule has 9 nitrogen and oxygen atoms in total. The zero-order valence-corrected chi connectivity index (χ0v) is 62.7. The summed E-state index contributed by atoms with van der Waals surface area (Å²) in [7, 11) is 5.96. The number of carbonyl (C=O) groups is 3. The second kappa shape index (κ2) is 74.8. The lowest BCUT2D eigenvalue weighted by molar-refractivity contribution is -0.870. The van der Waals surface area contributed by atoms with Gasteiger partial charge in [0.1, 0.15) is 13.2 Å². The molecule has 0 fully saturated rings. The molecule has 0 aliphatic heterocycles. The van der Waals surface area contributed by atoms with Crippen LogP contribution in [0.2, 0.25) is 0 Å². The second-order valence-corrected chi connectivity index (χ2v) is 29.8. The van der Waals surface area contributed by atoms with Crippen LogP contribution in [0.25, 0.3) is 0 Å². The highest BCUT2D eigenvalue weighted by molar-refractivity contribution is 5.70. The lowest BCUT2D eigenvalue weighted by Crippen LogP contribution is -2.44. The number of aliphatic carboxylic acids is 1. The van der Waals surface area contributed by atoms with Crippen molar-refractivity contribution in [2.75, 3.05) is 47.5 Å². The molecule has 0 N–H and O–H groups in total. The standard InChI is InChI=1S/C83H161NO8/c1-6-8-10-12-14-16-18-20-22-24-26-28-30-32-34-36-37-38-39-40-41-42-43-44-46-47-49-51-53-55-57-59-61-63-65-67-69-71-73-80(85)90-77-79(78-91-83(82(87)88)89-76-75-84(3,4)5)92-81(86)74-72-70-68-66-64-62-60-58-56-54-52-50-48-45-35-33-31-29-27-25-23-21-19-17-15-13-11-9-7-2/h25,27,79,83H,6-24,26,28-78H2,1-5H3/b27-25-. The summed E-state index contributed by atoms with van der Waals surface area (Å²) in [6.07, 6.45) is 90.8. The molecule has 0 bridgehead atoms. The molecule has 2 unspecified atom stereocenters. The molecule has 9 heteroatoms. The molecule has 2 atom stereocenters. The number of hydrogen-bond acceptors (Lipinski definition) is 8. The average Bonchev–Trinajstić information content (AvgIpc) is 3.75. The number of hydrogen-bond donors (Lipinski definition) is 0. The van der Waals surface area contributed by atoms with Gasteiger partial charge in [0, 0.05) is 12.8 Å². The molecule has 0 aromatic carbocycles. The van der Waals surface area contributed by atoms with E-state index in [0.29, 0.717) is 17.4 Å². The Morgan fingerprint density at radius 2 is 0.554 bits per heavy atom. The number of likely N-dealkylation sites (N-methyl/N-ethyl adjacent to an activating group) is 1. The average molecular weight is 1300 g/mol. The number of ether oxygens (including phenoxy) is 4. The lowest BCUT2D eigenvalue weighted by atomic mass is 10.0. The SMILES string of the molecule is CCCCCCCCCC/C=C\CCCCCCCCCCCCCCCCCCCC(=O)OC(COC(=O)CCCCCCCCCCCCCCCCCCCCCCCCCCCCCCCCCCCCCCCC)COC(OCC[N+](C)(C)C)C(=O)[O-]. The molecule has 0 aliphatic carbocycles. The van der Waals surface area contributed by atoms with Crippen LogP contribution in [-0.4, -0.2) is 82.3 Å². The van der Waals surface area contributed by atoms with Crippen LogP contribution in [0.1, 0.15) is 444 Å². The highest BCUT2D eigenvalue weighted by Crippen LogP contribution is 2.21. The normalized spacial score (nSPS) is 12.6. The number of carbonyl (C=O) groups excluding carboxylic acids is 3. The molecule has 0 rings (SSSR count). The van der Waals surface area contributed by atoms with Crippen LogP contribution >= 0.6 is 0 Å². The molecule has 0 spiro atoms. The van der Waals surface area contributed by atoms with Crippen molar-refractivity contribution in [3.63, 3.8) is 0 Å². The van der Waals surface area contributed by atoms with Gasteiger partial charge in [-0.2, -0.15) is 0 Å². The molecule has 92 heavy (non-hydrogen) atoms. The topological polar surface area (TPSA) is 111 Å². The monoisotopic (exact) mass is 1300 g/mol. The van der Waals surface area contributed by atoms with Crippen molar-refractivity contribution in [2.45, 2.75) is 456 Å². The first-order valence-electron chi connectivity index (χ1n) is 41.3. The van der Waals surface area contributed by atoms with Crippen LogP contribution in [0, 0.1) is 0 Å². The van der Waals surface area contributed by atoms with Crippen molar-refractivity contribution < 1.29 is 42.9 Å². The van der Waals surface area contributed by atoms with E-state index in [9.17, 15) is 19.5 Å². The van der Waals surface area contributed by atoms with Crippen LogP contribution in [-0.2, 0) is 33.3 Å². The van der Waals surface area contributed by atoms with Crippen molar-refractivity contribution in [3.8, 4) is 0 Å². The van der Waals surface area contributed by atoms with E-state index in [2.05, 4.69) is 26.0 Å². The van der Waals surface area contributed by atoms with Gasteiger partial charge in [-0.1, -0.05) is 405 Å². The van der Waals surface area contributed by atoms with Crippen molar-refractivity contribution in [3.05, 3.63) is 12.2 Å². The van der Waals surface area contributed by atoms with Crippen LogP contribution < -0.4 is 5.11 Å². The number of carboxylic acid groups (broad SMARTS) is 1. The maximum absolute atomic E-state index is 13.0. The van der Waals surface area contributed by atoms with Crippen molar-refractivity contribution >= 4 is 17.9 Å². The Hall–Kier alpha value is -1.97. The zero-order valence-electron chi connectivity index (χ0n) is 62.7. The summed E-state index contributed by atoms with van der Waals surface area (Å²) in [5.74, 6) is -2.24. The van der Waals surface area contributed by atoms with E-state index >= 15 is 0 Å². The molecule has 0 saturated heterocycles. The van der Waals surface area contributed by atoms with Crippen molar-refractivity contribution in [1.29, 1.82) is 0 Å². The number of rotatable bonds is 79. The Balaban J connectivity index is 3.92. The van der Waals surface area contributed by atoms with Crippen molar-refractivity contribution in [1.82, 2.24) is 0 Å². The maximum Gasteiger partial charge on any atom is 0.306 e. The fourth-order valence-electron chi connectivity index (χ4n) is 13.0. The predicted octanol–water partition coefficient (Wildman–Crippen LogP) is 25.0. The van der Waals surface area contributed by atoms with E-state index in [0.717, 1.165) is 38.5 Å². The molecule has 0 aromatic rings. The Morgan fingerprint density at radius 1 is 0.315 bits per heavy atom. The molecule has 0 saturated carbocycles. The quantitative estimate of drug-likeness (QED) is 0.0195. The molecule has 0 radical (unpaired) electrons. The largest absolute Gasteiger partial charge is 0.545 e. The summed E-state index contributed by atoms with van der Waals surface area (Å²) in [5.41, 5.74) is 0. The molecular weight excluding hydrogens is 1140 g/mol. The minimum atomic E-state index is -1.62. The van der Waals surface area contributed by atoms with Gasteiger partial charge in [-0.05, 0) is 38.5 Å². The van der Waals surface area contributed by atoms with Gasteiger partial charge in [0.25, 0.3) is 0 Å². The van der Waals surface area contributed by atoms with E-state index in [1.807, 2.05) is 21.1 Å². The van der Waals surface area contributed by atoms with E-state index in [1.54, 1.807) is 0 Å². The highest BCUT2D eigenvalue weighted by atomic mass is 16.7. The van der Waals surface area contributed by atoms with Gasteiger partial charge in [-0.25, -0.2) is 0 Å². The van der Waals surface area contributed by atoms with Gasteiger partial charge in [-0.3, -0.25) is 9.59 Å². The lowest BCUT2D eigenvalue weighted by Gasteiger charge is -2.26.